The van der Waals surface area contributed by atoms with Gasteiger partial charge in [-0.25, -0.2) is 4.39 Å². The van der Waals surface area contributed by atoms with Crippen LogP contribution in [0.2, 0.25) is 10.0 Å². The van der Waals surface area contributed by atoms with E-state index < -0.39 is 11.9 Å². The molecule has 0 fully saturated rings. The zero-order chi connectivity index (χ0) is 15.2. The van der Waals surface area contributed by atoms with E-state index in [1.807, 2.05) is 0 Å². The Balaban J connectivity index is 1.82. The first-order chi connectivity index (χ1) is 10.0. The number of hydrogen-bond acceptors (Lipinski definition) is 3. The third kappa shape index (κ3) is 5.08. The second kappa shape index (κ2) is 7.50. The number of halogens is 3. The van der Waals surface area contributed by atoms with E-state index in [1.54, 1.807) is 30.3 Å². The number of nitrogens with one attached hydrogen (secondary N) is 1. The Hall–Kier alpha value is -1.49. The van der Waals surface area contributed by atoms with E-state index in [4.69, 9.17) is 27.9 Å². The Morgan fingerprint density at radius 3 is 2.48 bits per heavy atom. The van der Waals surface area contributed by atoms with Crippen molar-refractivity contribution in [1.82, 2.24) is 0 Å². The number of aliphatic hydroxyl groups is 1. The van der Waals surface area contributed by atoms with E-state index in [0.717, 1.165) is 0 Å². The molecule has 0 bridgehead atoms. The second-order valence-electron chi connectivity index (χ2n) is 4.43. The molecule has 21 heavy (non-hydrogen) atoms. The summed E-state index contributed by atoms with van der Waals surface area (Å²) in [5, 5.41) is 13.8. The Morgan fingerprint density at radius 2 is 1.81 bits per heavy atom. The molecule has 0 amide bonds. The molecule has 0 spiro atoms. The van der Waals surface area contributed by atoms with E-state index >= 15 is 0 Å². The van der Waals surface area contributed by atoms with Crippen LogP contribution in [0.5, 0.6) is 5.75 Å². The topological polar surface area (TPSA) is 41.5 Å². The van der Waals surface area contributed by atoms with Gasteiger partial charge in [0.05, 0.1) is 0 Å². The number of hydrogen-bond donors (Lipinski definition) is 2. The van der Waals surface area contributed by atoms with Gasteiger partial charge in [0.25, 0.3) is 0 Å². The SMILES string of the molecule is OC(CNc1cc(Cl)cc(Cl)c1)COc1ccccc1F. The molecule has 0 aliphatic rings. The standard InChI is InChI=1S/C15H14Cl2FNO2/c16-10-5-11(17)7-12(6-10)19-8-13(20)9-21-15-4-2-1-3-14(15)18/h1-7,13,19-20H,8-9H2. The lowest BCUT2D eigenvalue weighted by Crippen LogP contribution is -2.26. The van der Waals surface area contributed by atoms with Crippen LogP contribution >= 0.6 is 23.2 Å². The monoisotopic (exact) mass is 329 g/mol. The summed E-state index contributed by atoms with van der Waals surface area (Å²) in [7, 11) is 0. The lowest BCUT2D eigenvalue weighted by molar-refractivity contribution is 0.115. The average Bonchev–Trinajstić information content (AvgIpc) is 2.43. The molecule has 0 radical (unpaired) electrons. The fourth-order valence-electron chi connectivity index (χ4n) is 1.70. The summed E-state index contributed by atoms with van der Waals surface area (Å²) in [6, 6.07) is 11.0. The van der Waals surface area contributed by atoms with E-state index in [1.165, 1.54) is 12.1 Å². The van der Waals surface area contributed by atoms with Crippen LogP contribution in [0, 0.1) is 5.82 Å². The molecule has 3 nitrogen and oxygen atoms in total. The van der Waals surface area contributed by atoms with Crippen molar-refractivity contribution >= 4 is 28.9 Å². The number of aliphatic hydroxyl groups excluding tert-OH is 1. The molecule has 0 saturated carbocycles. The third-order valence-corrected chi connectivity index (χ3v) is 3.11. The third-order valence-electron chi connectivity index (χ3n) is 2.67. The molecule has 2 rings (SSSR count). The van der Waals surface area contributed by atoms with Gasteiger partial charge >= 0.3 is 0 Å². The van der Waals surface area contributed by atoms with Gasteiger partial charge in [-0.2, -0.15) is 0 Å². The zero-order valence-electron chi connectivity index (χ0n) is 11.0. The minimum atomic E-state index is -0.803. The Bertz CT molecular complexity index is 590. The van der Waals surface area contributed by atoms with Crippen LogP contribution in [-0.4, -0.2) is 24.4 Å². The van der Waals surface area contributed by atoms with Crippen molar-refractivity contribution in [3.8, 4) is 5.75 Å². The molecule has 6 heteroatoms. The van der Waals surface area contributed by atoms with Crippen LogP contribution in [0.15, 0.2) is 42.5 Å². The second-order valence-corrected chi connectivity index (χ2v) is 5.31. The van der Waals surface area contributed by atoms with Crippen molar-refractivity contribution < 1.29 is 14.2 Å². The van der Waals surface area contributed by atoms with E-state index in [9.17, 15) is 9.50 Å². The zero-order valence-corrected chi connectivity index (χ0v) is 12.5. The first-order valence-corrected chi connectivity index (χ1v) is 7.05. The highest BCUT2D eigenvalue weighted by atomic mass is 35.5. The van der Waals surface area contributed by atoms with Gasteiger partial charge in [-0.1, -0.05) is 35.3 Å². The van der Waals surface area contributed by atoms with Crippen LogP contribution in [-0.2, 0) is 0 Å². The molecule has 1 unspecified atom stereocenters. The molecule has 2 aromatic carbocycles. The highest BCUT2D eigenvalue weighted by molar-refractivity contribution is 6.35. The van der Waals surface area contributed by atoms with Crippen molar-refractivity contribution in [3.63, 3.8) is 0 Å². The highest BCUT2D eigenvalue weighted by Crippen LogP contribution is 2.22. The van der Waals surface area contributed by atoms with Crippen LogP contribution in [0.4, 0.5) is 10.1 Å². The largest absolute Gasteiger partial charge is 0.488 e. The molecule has 0 aliphatic carbocycles. The van der Waals surface area contributed by atoms with Crippen molar-refractivity contribution in [2.24, 2.45) is 0 Å². The van der Waals surface area contributed by atoms with Gasteiger partial charge in [0, 0.05) is 22.3 Å². The van der Waals surface area contributed by atoms with Crippen molar-refractivity contribution in [3.05, 3.63) is 58.3 Å². The predicted octanol–water partition coefficient (Wildman–Crippen LogP) is 3.98. The minimum absolute atomic E-state index is 0.0256. The molecule has 0 heterocycles. The molecule has 112 valence electrons. The van der Waals surface area contributed by atoms with Gasteiger partial charge < -0.3 is 15.2 Å². The maximum absolute atomic E-state index is 13.3. The summed E-state index contributed by atoms with van der Waals surface area (Å²) in [5.74, 6) is -0.346. The smallest absolute Gasteiger partial charge is 0.165 e. The summed E-state index contributed by atoms with van der Waals surface area (Å²) in [6.07, 6.45) is -0.803. The lowest BCUT2D eigenvalue weighted by Gasteiger charge is -2.14. The van der Waals surface area contributed by atoms with Crippen molar-refractivity contribution in [2.75, 3.05) is 18.5 Å². The summed E-state index contributed by atoms with van der Waals surface area (Å²) < 4.78 is 18.5. The summed E-state index contributed by atoms with van der Waals surface area (Å²) >= 11 is 11.7. The maximum atomic E-state index is 13.3. The van der Waals surface area contributed by atoms with Gasteiger partial charge in [0.1, 0.15) is 12.7 Å². The quantitative estimate of drug-likeness (QED) is 0.842. The number of anilines is 1. The Morgan fingerprint density at radius 1 is 1.14 bits per heavy atom. The summed E-state index contributed by atoms with van der Waals surface area (Å²) in [6.45, 7) is 0.202. The van der Waals surface area contributed by atoms with Crippen molar-refractivity contribution in [1.29, 1.82) is 0 Å². The number of benzene rings is 2. The lowest BCUT2D eigenvalue weighted by atomic mass is 10.3. The first kappa shape index (κ1) is 15.9. The minimum Gasteiger partial charge on any atom is -0.488 e. The summed E-state index contributed by atoms with van der Waals surface area (Å²) in [5.41, 5.74) is 0.692. The average molecular weight is 330 g/mol. The van der Waals surface area contributed by atoms with Gasteiger partial charge in [0.15, 0.2) is 11.6 Å². The predicted molar refractivity (Wildman–Crippen MR) is 82.9 cm³/mol. The molecule has 0 aliphatic heterocycles. The number of ether oxygens (including phenoxy) is 1. The fraction of sp³-hybridized carbons (Fsp3) is 0.200. The normalized spacial score (nSPS) is 12.0. The van der Waals surface area contributed by atoms with Gasteiger partial charge in [-0.3, -0.25) is 0 Å². The Kier molecular flexibility index (Phi) is 5.67. The molecular weight excluding hydrogens is 316 g/mol. The van der Waals surface area contributed by atoms with Gasteiger partial charge in [-0.05, 0) is 30.3 Å². The van der Waals surface area contributed by atoms with Crippen molar-refractivity contribution in [2.45, 2.75) is 6.10 Å². The molecular formula is C15H14Cl2FNO2. The molecule has 0 aromatic heterocycles. The van der Waals surface area contributed by atoms with E-state index in [-0.39, 0.29) is 18.9 Å². The van der Waals surface area contributed by atoms with Crippen LogP contribution in [0.25, 0.3) is 0 Å². The number of para-hydroxylation sites is 1. The summed E-state index contributed by atoms with van der Waals surface area (Å²) in [4.78, 5) is 0. The van der Waals surface area contributed by atoms with Crippen LogP contribution in [0.1, 0.15) is 0 Å². The Labute approximate surface area is 132 Å². The van der Waals surface area contributed by atoms with Gasteiger partial charge in [-0.15, -0.1) is 0 Å². The number of rotatable bonds is 6. The maximum Gasteiger partial charge on any atom is 0.165 e. The van der Waals surface area contributed by atoms with Gasteiger partial charge in [0.2, 0.25) is 0 Å². The molecule has 2 aromatic rings. The van der Waals surface area contributed by atoms with E-state index in [2.05, 4.69) is 5.32 Å². The highest BCUT2D eigenvalue weighted by Gasteiger charge is 2.08. The van der Waals surface area contributed by atoms with Crippen LogP contribution in [0.3, 0.4) is 0 Å². The molecule has 2 N–H and O–H groups in total. The fourth-order valence-corrected chi connectivity index (χ4v) is 2.22. The molecule has 1 atom stereocenters. The molecule has 0 saturated heterocycles. The van der Waals surface area contributed by atoms with E-state index in [0.29, 0.717) is 15.7 Å². The van der Waals surface area contributed by atoms with Crippen LogP contribution < -0.4 is 10.1 Å². The first-order valence-electron chi connectivity index (χ1n) is 6.30.